The molecule has 158 valence electrons. The molecule has 0 spiro atoms. The SMILES string of the molecule is CCC(=O)N1CCCC(C(=O)N[C@@H]2CCCC[C@H]2NC(=O)c2ccc(F)cc2)C1. The Bertz CT molecular complexity index is 737. The Hall–Kier alpha value is -2.44. The van der Waals surface area contributed by atoms with E-state index in [1.54, 1.807) is 4.90 Å². The quantitative estimate of drug-likeness (QED) is 0.793. The Labute approximate surface area is 171 Å². The molecule has 0 radical (unpaired) electrons. The number of halogens is 1. The van der Waals surface area contributed by atoms with Gasteiger partial charge < -0.3 is 15.5 Å². The summed E-state index contributed by atoms with van der Waals surface area (Å²) in [6, 6.07) is 5.17. The topological polar surface area (TPSA) is 78.5 Å². The second kappa shape index (κ2) is 9.85. The molecule has 1 aromatic rings. The van der Waals surface area contributed by atoms with Crippen LogP contribution in [0.3, 0.4) is 0 Å². The lowest BCUT2D eigenvalue weighted by Crippen LogP contribution is -2.55. The summed E-state index contributed by atoms with van der Waals surface area (Å²) >= 11 is 0. The van der Waals surface area contributed by atoms with Gasteiger partial charge in [0.15, 0.2) is 0 Å². The minimum absolute atomic E-state index is 0.0356. The predicted molar refractivity (Wildman–Crippen MR) is 108 cm³/mol. The molecule has 0 aromatic heterocycles. The molecule has 0 bridgehead atoms. The van der Waals surface area contributed by atoms with E-state index >= 15 is 0 Å². The fourth-order valence-corrected chi connectivity index (χ4v) is 4.27. The fourth-order valence-electron chi connectivity index (χ4n) is 4.27. The van der Waals surface area contributed by atoms with Crippen LogP contribution in [0.2, 0.25) is 0 Å². The van der Waals surface area contributed by atoms with Gasteiger partial charge >= 0.3 is 0 Å². The van der Waals surface area contributed by atoms with E-state index in [0.29, 0.717) is 18.5 Å². The zero-order valence-corrected chi connectivity index (χ0v) is 17.0. The van der Waals surface area contributed by atoms with E-state index in [0.717, 1.165) is 45.1 Å². The molecular formula is C22H30FN3O3. The van der Waals surface area contributed by atoms with E-state index in [2.05, 4.69) is 10.6 Å². The van der Waals surface area contributed by atoms with Gasteiger partial charge in [-0.05, 0) is 49.9 Å². The molecule has 3 atom stereocenters. The highest BCUT2D eigenvalue weighted by molar-refractivity contribution is 5.94. The number of carbonyl (C=O) groups is 3. The average molecular weight is 403 g/mol. The number of rotatable bonds is 5. The van der Waals surface area contributed by atoms with Crippen molar-refractivity contribution in [2.45, 2.75) is 64.0 Å². The van der Waals surface area contributed by atoms with Crippen LogP contribution < -0.4 is 10.6 Å². The highest BCUT2D eigenvalue weighted by Crippen LogP contribution is 2.22. The third kappa shape index (κ3) is 5.55. The summed E-state index contributed by atoms with van der Waals surface area (Å²) < 4.78 is 13.1. The first-order valence-corrected chi connectivity index (χ1v) is 10.6. The van der Waals surface area contributed by atoms with Crippen molar-refractivity contribution in [2.75, 3.05) is 13.1 Å². The monoisotopic (exact) mass is 403 g/mol. The summed E-state index contributed by atoms with van der Waals surface area (Å²) in [4.78, 5) is 39.1. The van der Waals surface area contributed by atoms with Gasteiger partial charge in [-0.2, -0.15) is 0 Å². The first-order chi connectivity index (χ1) is 14.0. The van der Waals surface area contributed by atoms with Crippen LogP contribution in [0.1, 0.15) is 62.2 Å². The van der Waals surface area contributed by atoms with Gasteiger partial charge in [0, 0.05) is 37.2 Å². The average Bonchev–Trinajstić information content (AvgIpc) is 2.75. The van der Waals surface area contributed by atoms with Crippen molar-refractivity contribution in [1.29, 1.82) is 0 Å². The van der Waals surface area contributed by atoms with E-state index in [1.807, 2.05) is 6.92 Å². The first-order valence-electron chi connectivity index (χ1n) is 10.6. The molecule has 1 heterocycles. The molecule has 29 heavy (non-hydrogen) atoms. The number of hydrogen-bond acceptors (Lipinski definition) is 3. The molecule has 1 aliphatic carbocycles. The summed E-state index contributed by atoms with van der Waals surface area (Å²) in [5, 5.41) is 6.14. The van der Waals surface area contributed by atoms with E-state index in [9.17, 15) is 18.8 Å². The zero-order chi connectivity index (χ0) is 20.8. The number of carbonyl (C=O) groups excluding carboxylic acids is 3. The van der Waals surface area contributed by atoms with E-state index in [-0.39, 0.29) is 41.5 Å². The van der Waals surface area contributed by atoms with Crippen LogP contribution in [-0.2, 0) is 9.59 Å². The molecule has 2 N–H and O–H groups in total. The van der Waals surface area contributed by atoms with Gasteiger partial charge in [-0.15, -0.1) is 0 Å². The summed E-state index contributed by atoms with van der Waals surface area (Å²) in [5.74, 6) is -0.785. The summed E-state index contributed by atoms with van der Waals surface area (Å²) in [6.07, 6.45) is 5.65. The van der Waals surface area contributed by atoms with Crippen LogP contribution >= 0.6 is 0 Å². The van der Waals surface area contributed by atoms with Crippen LogP contribution in [0, 0.1) is 11.7 Å². The Morgan fingerprint density at radius 2 is 1.66 bits per heavy atom. The van der Waals surface area contributed by atoms with Gasteiger partial charge in [0.2, 0.25) is 11.8 Å². The number of likely N-dealkylation sites (tertiary alicyclic amines) is 1. The number of nitrogens with zero attached hydrogens (tertiary/aromatic N) is 1. The lowest BCUT2D eigenvalue weighted by Gasteiger charge is -2.36. The molecule has 1 saturated heterocycles. The first kappa shape index (κ1) is 21.3. The van der Waals surface area contributed by atoms with Crippen molar-refractivity contribution in [2.24, 2.45) is 5.92 Å². The third-order valence-corrected chi connectivity index (χ3v) is 5.96. The minimum atomic E-state index is -0.382. The van der Waals surface area contributed by atoms with Crippen molar-refractivity contribution in [1.82, 2.24) is 15.5 Å². The maximum atomic E-state index is 13.1. The third-order valence-electron chi connectivity index (χ3n) is 5.96. The molecule has 2 fully saturated rings. The van der Waals surface area contributed by atoms with Crippen molar-refractivity contribution in [3.8, 4) is 0 Å². The van der Waals surface area contributed by atoms with Gasteiger partial charge in [-0.3, -0.25) is 14.4 Å². The van der Waals surface area contributed by atoms with Gasteiger partial charge in [-0.1, -0.05) is 19.8 Å². The molecule has 6 nitrogen and oxygen atoms in total. The van der Waals surface area contributed by atoms with Gasteiger partial charge in [0.1, 0.15) is 5.82 Å². The number of piperidine rings is 1. The van der Waals surface area contributed by atoms with Gasteiger partial charge in [-0.25, -0.2) is 4.39 Å². The summed E-state index contributed by atoms with van der Waals surface area (Å²) in [5.41, 5.74) is 0.406. The van der Waals surface area contributed by atoms with Crippen molar-refractivity contribution in [3.05, 3.63) is 35.6 Å². The molecule has 3 amide bonds. The number of hydrogen-bond donors (Lipinski definition) is 2. The largest absolute Gasteiger partial charge is 0.351 e. The Balaban J connectivity index is 1.59. The second-order valence-corrected chi connectivity index (χ2v) is 8.02. The zero-order valence-electron chi connectivity index (χ0n) is 17.0. The highest BCUT2D eigenvalue weighted by atomic mass is 19.1. The molecule has 2 aliphatic rings. The van der Waals surface area contributed by atoms with E-state index < -0.39 is 0 Å². The Kier molecular flexibility index (Phi) is 7.23. The van der Waals surface area contributed by atoms with E-state index in [4.69, 9.17) is 0 Å². The fraction of sp³-hybridized carbons (Fsp3) is 0.591. The maximum Gasteiger partial charge on any atom is 0.251 e. The standard InChI is InChI=1S/C22H30FN3O3/c1-2-20(27)26-13-5-6-16(14-26)22(29)25-19-8-4-3-7-18(19)24-21(28)15-9-11-17(23)12-10-15/h9-12,16,18-19H,2-8,13-14H2,1H3,(H,24,28)(H,25,29)/t16?,18-,19-/m1/s1. The van der Waals surface area contributed by atoms with Crippen LogP contribution in [0.15, 0.2) is 24.3 Å². The number of benzene rings is 1. The van der Waals surface area contributed by atoms with Crippen molar-refractivity contribution < 1.29 is 18.8 Å². The molecule has 1 aromatic carbocycles. The smallest absolute Gasteiger partial charge is 0.251 e. The molecule has 3 rings (SSSR count). The second-order valence-electron chi connectivity index (χ2n) is 8.02. The lowest BCUT2D eigenvalue weighted by molar-refractivity contribution is -0.135. The van der Waals surface area contributed by atoms with Crippen molar-refractivity contribution in [3.63, 3.8) is 0 Å². The van der Waals surface area contributed by atoms with E-state index in [1.165, 1.54) is 24.3 Å². The summed E-state index contributed by atoms with van der Waals surface area (Å²) in [6.45, 7) is 3.02. The Morgan fingerprint density at radius 1 is 1.00 bits per heavy atom. The highest BCUT2D eigenvalue weighted by Gasteiger charge is 2.32. The molecule has 7 heteroatoms. The molecular weight excluding hydrogens is 373 g/mol. The molecule has 1 saturated carbocycles. The predicted octanol–water partition coefficient (Wildman–Crippen LogP) is 2.63. The van der Waals surface area contributed by atoms with Crippen LogP contribution in [0.5, 0.6) is 0 Å². The number of nitrogens with one attached hydrogen (secondary N) is 2. The van der Waals surface area contributed by atoms with Crippen LogP contribution in [0.25, 0.3) is 0 Å². The molecule has 1 unspecified atom stereocenters. The molecule has 1 aliphatic heterocycles. The van der Waals surface area contributed by atoms with Gasteiger partial charge in [0.25, 0.3) is 5.91 Å². The Morgan fingerprint density at radius 3 is 2.31 bits per heavy atom. The lowest BCUT2D eigenvalue weighted by atomic mass is 9.88. The van der Waals surface area contributed by atoms with Crippen LogP contribution in [-0.4, -0.2) is 47.8 Å². The van der Waals surface area contributed by atoms with Crippen LogP contribution in [0.4, 0.5) is 4.39 Å². The summed E-state index contributed by atoms with van der Waals surface area (Å²) in [7, 11) is 0. The number of amides is 3. The van der Waals surface area contributed by atoms with Crippen molar-refractivity contribution >= 4 is 17.7 Å². The maximum absolute atomic E-state index is 13.1. The normalized spacial score (nSPS) is 24.6. The van der Waals surface area contributed by atoms with Gasteiger partial charge in [0.05, 0.1) is 5.92 Å². The minimum Gasteiger partial charge on any atom is -0.351 e.